The summed E-state index contributed by atoms with van der Waals surface area (Å²) in [4.78, 5) is 38.7. The van der Waals surface area contributed by atoms with E-state index in [0.29, 0.717) is 24.2 Å². The molecule has 0 aliphatic carbocycles. The molecule has 1 aliphatic rings. The van der Waals surface area contributed by atoms with Gasteiger partial charge >= 0.3 is 0 Å². The summed E-state index contributed by atoms with van der Waals surface area (Å²) in [7, 11) is 0. The second-order valence-electron chi connectivity index (χ2n) is 8.31. The van der Waals surface area contributed by atoms with Crippen molar-refractivity contribution in [1.29, 1.82) is 0 Å². The summed E-state index contributed by atoms with van der Waals surface area (Å²) in [6.07, 6.45) is 1.97. The largest absolute Gasteiger partial charge is 0.476 e. The minimum atomic E-state index is -1.12. The van der Waals surface area contributed by atoms with Crippen LogP contribution in [0.5, 0.6) is 5.75 Å². The van der Waals surface area contributed by atoms with E-state index in [-0.39, 0.29) is 22.9 Å². The third-order valence-electron chi connectivity index (χ3n) is 5.81. The summed E-state index contributed by atoms with van der Waals surface area (Å²) in [5, 5.41) is 2.59. The second kappa shape index (κ2) is 10.8. The normalized spacial score (nSPS) is 14.7. The van der Waals surface area contributed by atoms with Crippen molar-refractivity contribution < 1.29 is 23.5 Å². The van der Waals surface area contributed by atoms with Gasteiger partial charge in [0.05, 0.1) is 5.69 Å². The minimum absolute atomic E-state index is 0.0311. The van der Waals surface area contributed by atoms with Crippen LogP contribution in [0.4, 0.5) is 15.8 Å². The van der Waals surface area contributed by atoms with Gasteiger partial charge < -0.3 is 20.7 Å². The maximum atomic E-state index is 15.0. The minimum Gasteiger partial charge on any atom is -0.476 e. The van der Waals surface area contributed by atoms with E-state index in [0.717, 1.165) is 19.3 Å². The monoisotopic (exact) mass is 475 g/mol. The Morgan fingerprint density at radius 2 is 1.77 bits per heavy atom. The first kappa shape index (κ1) is 23.9. The van der Waals surface area contributed by atoms with E-state index in [9.17, 15) is 18.8 Å². The third-order valence-corrected chi connectivity index (χ3v) is 5.81. The first-order valence-corrected chi connectivity index (χ1v) is 11.4. The molecular formula is C27H26FN3O4. The van der Waals surface area contributed by atoms with E-state index >= 15 is 0 Å². The van der Waals surface area contributed by atoms with Crippen LogP contribution in [-0.2, 0) is 9.59 Å². The fraction of sp³-hybridized carbons (Fsp3) is 0.222. The Labute approximate surface area is 202 Å². The molecule has 0 aromatic heterocycles. The van der Waals surface area contributed by atoms with Gasteiger partial charge in [-0.05, 0) is 49.2 Å². The Hall–Kier alpha value is -4.20. The molecule has 1 unspecified atom stereocenters. The van der Waals surface area contributed by atoms with Crippen LogP contribution in [0.15, 0.2) is 72.8 Å². The molecule has 3 aromatic rings. The maximum Gasteiger partial charge on any atom is 0.270 e. The molecule has 1 aliphatic heterocycles. The van der Waals surface area contributed by atoms with Crippen molar-refractivity contribution in [2.45, 2.75) is 31.8 Å². The van der Waals surface area contributed by atoms with Crippen LogP contribution in [0.2, 0.25) is 0 Å². The summed E-state index contributed by atoms with van der Waals surface area (Å²) >= 11 is 0. The molecule has 1 saturated heterocycles. The number of anilines is 2. The fourth-order valence-corrected chi connectivity index (χ4v) is 3.99. The number of nitrogens with two attached hydrogens (primary N) is 1. The number of benzene rings is 3. The molecule has 180 valence electrons. The van der Waals surface area contributed by atoms with Crippen molar-refractivity contribution in [1.82, 2.24) is 0 Å². The van der Waals surface area contributed by atoms with Gasteiger partial charge in [-0.3, -0.25) is 14.4 Å². The molecule has 0 spiro atoms. The number of rotatable bonds is 7. The van der Waals surface area contributed by atoms with E-state index in [4.69, 9.17) is 10.5 Å². The van der Waals surface area contributed by atoms with E-state index < -0.39 is 23.7 Å². The highest BCUT2D eigenvalue weighted by molar-refractivity contribution is 5.97. The van der Waals surface area contributed by atoms with Crippen molar-refractivity contribution in [2.75, 3.05) is 16.8 Å². The molecule has 0 saturated carbocycles. The standard InChI is InChI=1S/C27H26FN3O4/c28-22-17-20(31-15-6-2-5-12-24(31)32)13-14-23(22)30-27(34)25(18-8-3-1-4-9-18)35-21-11-7-10-19(16-21)26(29)33/h1,3-4,7-11,13-14,16-17,25H,2,5-6,12,15H2,(H2,29,33)(H,30,34). The van der Waals surface area contributed by atoms with Gasteiger partial charge in [-0.2, -0.15) is 0 Å². The molecule has 1 atom stereocenters. The van der Waals surface area contributed by atoms with Crippen molar-refractivity contribution >= 4 is 29.1 Å². The highest BCUT2D eigenvalue weighted by Gasteiger charge is 2.25. The number of ether oxygens (including phenoxy) is 1. The number of primary amides is 1. The summed E-state index contributed by atoms with van der Waals surface area (Å²) in [5.74, 6) is -1.65. The molecule has 8 heteroatoms. The number of hydrogen-bond acceptors (Lipinski definition) is 4. The van der Waals surface area contributed by atoms with E-state index in [2.05, 4.69) is 5.32 Å². The van der Waals surface area contributed by atoms with Gasteiger partial charge in [-0.1, -0.05) is 42.8 Å². The Balaban J connectivity index is 1.56. The van der Waals surface area contributed by atoms with Gasteiger partial charge in [-0.15, -0.1) is 0 Å². The SMILES string of the molecule is NC(=O)c1cccc(OC(C(=O)Nc2ccc(N3CCCCCC3=O)cc2F)c2ccccc2)c1. The molecule has 1 heterocycles. The molecule has 35 heavy (non-hydrogen) atoms. The highest BCUT2D eigenvalue weighted by atomic mass is 19.1. The zero-order chi connectivity index (χ0) is 24.8. The Bertz CT molecular complexity index is 1230. The van der Waals surface area contributed by atoms with Crippen LogP contribution in [0.3, 0.4) is 0 Å². The summed E-state index contributed by atoms with van der Waals surface area (Å²) in [6.45, 7) is 0.540. The van der Waals surface area contributed by atoms with Gasteiger partial charge in [0.15, 0.2) is 0 Å². The van der Waals surface area contributed by atoms with E-state index in [1.807, 2.05) is 0 Å². The van der Waals surface area contributed by atoms with Gasteiger partial charge in [-0.25, -0.2) is 4.39 Å². The van der Waals surface area contributed by atoms with E-state index in [1.54, 1.807) is 59.5 Å². The molecule has 3 aromatic carbocycles. The summed E-state index contributed by atoms with van der Waals surface area (Å²) < 4.78 is 20.9. The quantitative estimate of drug-likeness (QED) is 0.522. The maximum absolute atomic E-state index is 15.0. The molecule has 1 fully saturated rings. The number of nitrogens with one attached hydrogen (secondary N) is 1. The number of carbonyl (C=O) groups is 3. The molecule has 4 rings (SSSR count). The van der Waals surface area contributed by atoms with Crippen molar-refractivity contribution in [2.24, 2.45) is 5.73 Å². The molecule has 0 radical (unpaired) electrons. The highest BCUT2D eigenvalue weighted by Crippen LogP contribution is 2.28. The lowest BCUT2D eigenvalue weighted by Crippen LogP contribution is -2.30. The first-order valence-electron chi connectivity index (χ1n) is 11.4. The molecule has 7 nitrogen and oxygen atoms in total. The fourth-order valence-electron chi connectivity index (χ4n) is 3.99. The smallest absolute Gasteiger partial charge is 0.270 e. The number of nitrogens with zero attached hydrogens (tertiary/aromatic N) is 1. The van der Waals surface area contributed by atoms with Crippen LogP contribution in [0.25, 0.3) is 0 Å². The van der Waals surface area contributed by atoms with Crippen LogP contribution in [0, 0.1) is 5.82 Å². The summed E-state index contributed by atoms with van der Waals surface area (Å²) in [6, 6.07) is 19.2. The van der Waals surface area contributed by atoms with E-state index in [1.165, 1.54) is 18.2 Å². The van der Waals surface area contributed by atoms with Gasteiger partial charge in [0.25, 0.3) is 5.91 Å². The summed E-state index contributed by atoms with van der Waals surface area (Å²) in [5.41, 5.74) is 6.56. The Kier molecular flexibility index (Phi) is 7.40. The van der Waals surface area contributed by atoms with Crippen LogP contribution < -0.4 is 20.7 Å². The lowest BCUT2D eigenvalue weighted by Gasteiger charge is -2.22. The second-order valence-corrected chi connectivity index (χ2v) is 8.31. The van der Waals surface area contributed by atoms with Crippen LogP contribution >= 0.6 is 0 Å². The topological polar surface area (TPSA) is 102 Å². The zero-order valence-electron chi connectivity index (χ0n) is 19.1. The molecule has 3 N–H and O–H groups in total. The first-order chi connectivity index (χ1) is 16.9. The Morgan fingerprint density at radius 1 is 0.971 bits per heavy atom. The molecule has 3 amide bonds. The predicted octanol–water partition coefficient (Wildman–Crippen LogP) is 4.59. The van der Waals surface area contributed by atoms with Crippen molar-refractivity contribution in [3.8, 4) is 5.75 Å². The zero-order valence-corrected chi connectivity index (χ0v) is 19.1. The number of carbonyl (C=O) groups excluding carboxylic acids is 3. The molecular weight excluding hydrogens is 449 g/mol. The predicted molar refractivity (Wildman–Crippen MR) is 131 cm³/mol. The van der Waals surface area contributed by atoms with Gasteiger partial charge in [0, 0.05) is 29.8 Å². The lowest BCUT2D eigenvalue weighted by molar-refractivity contribution is -0.123. The Morgan fingerprint density at radius 3 is 2.51 bits per heavy atom. The van der Waals surface area contributed by atoms with Crippen LogP contribution in [-0.4, -0.2) is 24.3 Å². The van der Waals surface area contributed by atoms with Crippen LogP contribution in [0.1, 0.15) is 47.7 Å². The lowest BCUT2D eigenvalue weighted by atomic mass is 10.1. The third kappa shape index (κ3) is 5.84. The number of amides is 3. The van der Waals surface area contributed by atoms with Gasteiger partial charge in [0.2, 0.25) is 17.9 Å². The molecule has 0 bridgehead atoms. The van der Waals surface area contributed by atoms with Crippen molar-refractivity contribution in [3.63, 3.8) is 0 Å². The van der Waals surface area contributed by atoms with Crippen molar-refractivity contribution in [3.05, 3.63) is 89.7 Å². The average molecular weight is 476 g/mol. The van der Waals surface area contributed by atoms with Gasteiger partial charge in [0.1, 0.15) is 11.6 Å². The average Bonchev–Trinajstić information content (AvgIpc) is 3.08. The number of hydrogen-bond donors (Lipinski definition) is 2. The number of halogens is 1.